The molecule has 2 nitrogen and oxygen atoms in total. The zero-order chi connectivity index (χ0) is 13.3. The SMILES string of the molecule is CNc1cc(CC(C)C)nc2c(F)c(F)ccc12. The third-order valence-corrected chi connectivity index (χ3v) is 2.81. The number of nitrogens with one attached hydrogen (secondary N) is 1. The molecule has 0 atom stereocenters. The molecule has 0 fully saturated rings. The largest absolute Gasteiger partial charge is 0.388 e. The van der Waals surface area contributed by atoms with Gasteiger partial charge in [0.15, 0.2) is 11.6 Å². The molecule has 4 heteroatoms. The highest BCUT2D eigenvalue weighted by Gasteiger charge is 2.13. The highest BCUT2D eigenvalue weighted by atomic mass is 19.2. The van der Waals surface area contributed by atoms with Crippen molar-refractivity contribution in [2.75, 3.05) is 12.4 Å². The number of anilines is 1. The molecule has 0 saturated carbocycles. The molecule has 0 aliphatic rings. The lowest BCUT2D eigenvalue weighted by atomic mass is 10.1. The number of aromatic nitrogens is 1. The monoisotopic (exact) mass is 250 g/mol. The van der Waals surface area contributed by atoms with Crippen LogP contribution in [0.3, 0.4) is 0 Å². The van der Waals surface area contributed by atoms with Crippen LogP contribution in [-0.4, -0.2) is 12.0 Å². The van der Waals surface area contributed by atoms with E-state index in [9.17, 15) is 8.78 Å². The molecule has 1 aromatic carbocycles. The lowest BCUT2D eigenvalue weighted by Crippen LogP contribution is -2.02. The molecular formula is C14H16F2N2. The molecule has 0 spiro atoms. The summed E-state index contributed by atoms with van der Waals surface area (Å²) in [7, 11) is 1.76. The summed E-state index contributed by atoms with van der Waals surface area (Å²) in [4.78, 5) is 4.23. The van der Waals surface area contributed by atoms with Crippen LogP contribution in [0, 0.1) is 17.6 Å². The summed E-state index contributed by atoms with van der Waals surface area (Å²) >= 11 is 0. The van der Waals surface area contributed by atoms with Crippen molar-refractivity contribution >= 4 is 16.6 Å². The molecule has 0 aliphatic heterocycles. The van der Waals surface area contributed by atoms with Crippen LogP contribution in [0.4, 0.5) is 14.5 Å². The van der Waals surface area contributed by atoms with Crippen LogP contribution in [0.25, 0.3) is 10.9 Å². The van der Waals surface area contributed by atoms with Gasteiger partial charge in [0.2, 0.25) is 0 Å². The first-order valence-electron chi connectivity index (χ1n) is 5.98. The van der Waals surface area contributed by atoms with Gasteiger partial charge in [0.05, 0.1) is 0 Å². The Morgan fingerprint density at radius 3 is 2.61 bits per heavy atom. The Kier molecular flexibility index (Phi) is 3.45. The molecule has 2 aromatic rings. The van der Waals surface area contributed by atoms with E-state index in [0.717, 1.165) is 23.9 Å². The molecule has 0 radical (unpaired) electrons. The number of nitrogens with zero attached hydrogens (tertiary/aromatic N) is 1. The maximum Gasteiger partial charge on any atom is 0.185 e. The van der Waals surface area contributed by atoms with Crippen molar-refractivity contribution in [2.45, 2.75) is 20.3 Å². The van der Waals surface area contributed by atoms with Gasteiger partial charge in [0, 0.05) is 23.8 Å². The van der Waals surface area contributed by atoms with Crippen molar-refractivity contribution in [1.29, 1.82) is 0 Å². The van der Waals surface area contributed by atoms with Crippen LogP contribution in [0.2, 0.25) is 0 Å². The number of halogens is 2. The average Bonchev–Trinajstić information content (AvgIpc) is 2.32. The molecule has 0 aliphatic carbocycles. The first kappa shape index (κ1) is 12.7. The van der Waals surface area contributed by atoms with Crippen LogP contribution in [-0.2, 0) is 6.42 Å². The summed E-state index contributed by atoms with van der Waals surface area (Å²) in [6.45, 7) is 4.12. The molecular weight excluding hydrogens is 234 g/mol. The molecule has 0 amide bonds. The zero-order valence-electron chi connectivity index (χ0n) is 10.7. The third-order valence-electron chi connectivity index (χ3n) is 2.81. The summed E-state index contributed by atoms with van der Waals surface area (Å²) in [6.07, 6.45) is 0.737. The third kappa shape index (κ3) is 2.28. The standard InChI is InChI=1S/C14H16F2N2/c1-8(2)6-9-7-12(17-3)10-4-5-11(15)13(16)14(10)18-9/h4-5,7-8H,6H2,1-3H3,(H,17,18). The van der Waals surface area contributed by atoms with Crippen molar-refractivity contribution in [3.8, 4) is 0 Å². The second-order valence-electron chi connectivity index (χ2n) is 4.77. The van der Waals surface area contributed by atoms with Gasteiger partial charge in [0.25, 0.3) is 0 Å². The minimum Gasteiger partial charge on any atom is -0.388 e. The molecule has 2 rings (SSSR count). The van der Waals surface area contributed by atoms with Crippen molar-refractivity contribution in [3.05, 3.63) is 35.5 Å². The fourth-order valence-electron chi connectivity index (χ4n) is 2.02. The number of hydrogen-bond acceptors (Lipinski definition) is 2. The van der Waals surface area contributed by atoms with Gasteiger partial charge in [-0.3, -0.25) is 0 Å². The highest BCUT2D eigenvalue weighted by Crippen LogP contribution is 2.27. The second kappa shape index (κ2) is 4.88. The Bertz CT molecular complexity index is 580. The van der Waals surface area contributed by atoms with E-state index in [0.29, 0.717) is 11.3 Å². The van der Waals surface area contributed by atoms with Gasteiger partial charge in [-0.2, -0.15) is 0 Å². The van der Waals surface area contributed by atoms with E-state index < -0.39 is 11.6 Å². The van der Waals surface area contributed by atoms with E-state index in [4.69, 9.17) is 0 Å². The fourth-order valence-corrected chi connectivity index (χ4v) is 2.02. The van der Waals surface area contributed by atoms with E-state index in [1.807, 2.05) is 6.07 Å². The number of fused-ring (bicyclic) bond motifs is 1. The molecule has 0 bridgehead atoms. The Morgan fingerprint density at radius 1 is 1.28 bits per heavy atom. The molecule has 0 unspecified atom stereocenters. The topological polar surface area (TPSA) is 24.9 Å². The Balaban J connectivity index is 2.68. The smallest absolute Gasteiger partial charge is 0.185 e. The van der Waals surface area contributed by atoms with Crippen LogP contribution in [0.5, 0.6) is 0 Å². The van der Waals surface area contributed by atoms with Crippen molar-refractivity contribution in [1.82, 2.24) is 4.98 Å². The van der Waals surface area contributed by atoms with Crippen molar-refractivity contribution in [3.63, 3.8) is 0 Å². The van der Waals surface area contributed by atoms with Crippen molar-refractivity contribution < 1.29 is 8.78 Å². The predicted octanol–water partition coefficient (Wildman–Crippen LogP) is 3.75. The molecule has 1 heterocycles. The molecule has 0 saturated heterocycles. The number of hydrogen-bond donors (Lipinski definition) is 1. The van der Waals surface area contributed by atoms with Crippen LogP contribution in [0.15, 0.2) is 18.2 Å². The van der Waals surface area contributed by atoms with Gasteiger partial charge in [-0.05, 0) is 30.5 Å². The van der Waals surface area contributed by atoms with Crippen LogP contribution >= 0.6 is 0 Å². The van der Waals surface area contributed by atoms with Gasteiger partial charge < -0.3 is 5.32 Å². The first-order valence-corrected chi connectivity index (χ1v) is 5.98. The van der Waals surface area contributed by atoms with E-state index >= 15 is 0 Å². The van der Waals surface area contributed by atoms with E-state index in [1.165, 1.54) is 0 Å². The average molecular weight is 250 g/mol. The summed E-state index contributed by atoms with van der Waals surface area (Å²) in [5, 5.41) is 3.60. The Labute approximate surface area is 105 Å². The maximum absolute atomic E-state index is 13.8. The Morgan fingerprint density at radius 2 is 2.00 bits per heavy atom. The van der Waals surface area contributed by atoms with Gasteiger partial charge >= 0.3 is 0 Å². The van der Waals surface area contributed by atoms with Gasteiger partial charge in [-0.25, -0.2) is 13.8 Å². The van der Waals surface area contributed by atoms with Crippen molar-refractivity contribution in [2.24, 2.45) is 5.92 Å². The number of pyridine rings is 1. The van der Waals surface area contributed by atoms with Gasteiger partial charge in [-0.1, -0.05) is 13.8 Å². The minimum atomic E-state index is -0.880. The Hall–Kier alpha value is -1.71. The maximum atomic E-state index is 13.8. The van der Waals surface area contributed by atoms with E-state index in [-0.39, 0.29) is 5.52 Å². The first-order chi connectivity index (χ1) is 8.52. The molecule has 1 N–H and O–H groups in total. The quantitative estimate of drug-likeness (QED) is 0.897. The van der Waals surface area contributed by atoms with Crippen LogP contribution < -0.4 is 5.32 Å². The second-order valence-corrected chi connectivity index (χ2v) is 4.77. The zero-order valence-corrected chi connectivity index (χ0v) is 10.7. The lowest BCUT2D eigenvalue weighted by molar-refractivity contribution is 0.515. The summed E-state index contributed by atoms with van der Waals surface area (Å²) in [6, 6.07) is 4.56. The number of benzene rings is 1. The number of rotatable bonds is 3. The van der Waals surface area contributed by atoms with E-state index in [2.05, 4.69) is 24.1 Å². The van der Waals surface area contributed by atoms with Gasteiger partial charge in [-0.15, -0.1) is 0 Å². The summed E-state index contributed by atoms with van der Waals surface area (Å²) < 4.78 is 27.0. The van der Waals surface area contributed by atoms with Gasteiger partial charge in [0.1, 0.15) is 5.52 Å². The van der Waals surface area contributed by atoms with E-state index in [1.54, 1.807) is 13.1 Å². The normalized spacial score (nSPS) is 11.2. The van der Waals surface area contributed by atoms with Crippen LogP contribution in [0.1, 0.15) is 19.5 Å². The molecule has 1 aromatic heterocycles. The molecule has 18 heavy (non-hydrogen) atoms. The lowest BCUT2D eigenvalue weighted by Gasteiger charge is -2.11. The summed E-state index contributed by atoms with van der Waals surface area (Å²) in [5.41, 5.74) is 1.64. The fraction of sp³-hybridized carbons (Fsp3) is 0.357. The highest BCUT2D eigenvalue weighted by molar-refractivity contribution is 5.91. The minimum absolute atomic E-state index is 0.0949. The summed E-state index contributed by atoms with van der Waals surface area (Å²) in [5.74, 6) is -1.33. The predicted molar refractivity (Wildman–Crippen MR) is 69.7 cm³/mol. The molecule has 96 valence electrons.